The van der Waals surface area contributed by atoms with E-state index in [1.165, 1.54) is 18.2 Å². The minimum Gasteiger partial charge on any atom is -0.352 e. The molecule has 0 aliphatic rings. The fourth-order valence-electron chi connectivity index (χ4n) is 1.19. The van der Waals surface area contributed by atoms with Crippen LogP contribution in [0.5, 0.6) is 0 Å². The van der Waals surface area contributed by atoms with Crippen molar-refractivity contribution in [2.45, 2.75) is 18.2 Å². The highest BCUT2D eigenvalue weighted by Crippen LogP contribution is 2.19. The van der Waals surface area contributed by atoms with E-state index in [1.807, 2.05) is 6.92 Å². The van der Waals surface area contributed by atoms with Crippen molar-refractivity contribution >= 4 is 27.5 Å². The smallest absolute Gasteiger partial charge is 0.252 e. The Morgan fingerprint density at radius 3 is 2.65 bits per heavy atom. The summed E-state index contributed by atoms with van der Waals surface area (Å²) in [5.74, 6) is -0.414. The lowest BCUT2D eigenvalue weighted by Crippen LogP contribution is -2.24. The lowest BCUT2D eigenvalue weighted by molar-refractivity contribution is 0.0953. The summed E-state index contributed by atoms with van der Waals surface area (Å²) in [7, 11) is -3.83. The normalized spacial score (nSPS) is 11.2. The van der Waals surface area contributed by atoms with Gasteiger partial charge in [0.1, 0.15) is 0 Å². The number of hydrogen-bond acceptors (Lipinski definition) is 3. The molecule has 0 heterocycles. The largest absolute Gasteiger partial charge is 0.352 e. The highest BCUT2D eigenvalue weighted by atomic mass is 35.5. The molecule has 7 heteroatoms. The molecule has 5 nitrogen and oxygen atoms in total. The number of sulfonamides is 1. The van der Waals surface area contributed by atoms with E-state index in [1.54, 1.807) is 0 Å². The van der Waals surface area contributed by atoms with Crippen molar-refractivity contribution in [1.29, 1.82) is 0 Å². The first-order valence-electron chi connectivity index (χ1n) is 4.96. The summed E-state index contributed by atoms with van der Waals surface area (Å²) >= 11 is 5.82. The maximum atomic E-state index is 11.7. The second-order valence-electron chi connectivity index (χ2n) is 3.44. The van der Waals surface area contributed by atoms with E-state index in [0.29, 0.717) is 6.54 Å². The molecule has 0 aromatic heterocycles. The molecule has 1 amide bonds. The van der Waals surface area contributed by atoms with Gasteiger partial charge < -0.3 is 5.32 Å². The average Bonchev–Trinajstić information content (AvgIpc) is 2.24. The van der Waals surface area contributed by atoms with Crippen LogP contribution in [0.1, 0.15) is 23.7 Å². The van der Waals surface area contributed by atoms with E-state index in [4.69, 9.17) is 16.7 Å². The van der Waals surface area contributed by atoms with Crippen LogP contribution in [0, 0.1) is 0 Å². The molecule has 3 N–H and O–H groups in total. The molecule has 1 rings (SSSR count). The molecule has 94 valence electrons. The molecule has 0 aliphatic carbocycles. The Kier molecular flexibility index (Phi) is 4.50. The zero-order valence-electron chi connectivity index (χ0n) is 9.23. The number of primary sulfonamides is 1. The molecule has 1 aromatic carbocycles. The van der Waals surface area contributed by atoms with Gasteiger partial charge in [0, 0.05) is 6.54 Å². The third-order valence-corrected chi connectivity index (χ3v) is 3.29. The summed E-state index contributed by atoms with van der Waals surface area (Å²) in [4.78, 5) is 11.5. The van der Waals surface area contributed by atoms with Crippen LogP contribution in [0.15, 0.2) is 23.1 Å². The van der Waals surface area contributed by atoms with Crippen molar-refractivity contribution in [3.63, 3.8) is 0 Å². The quantitative estimate of drug-likeness (QED) is 0.864. The molecule has 0 radical (unpaired) electrons. The first-order valence-corrected chi connectivity index (χ1v) is 6.89. The lowest BCUT2D eigenvalue weighted by atomic mass is 10.2. The van der Waals surface area contributed by atoms with Crippen LogP contribution in [0.4, 0.5) is 0 Å². The van der Waals surface area contributed by atoms with Crippen molar-refractivity contribution in [2.24, 2.45) is 5.14 Å². The molecular formula is C10H13ClN2O3S. The van der Waals surface area contributed by atoms with Gasteiger partial charge in [-0.2, -0.15) is 0 Å². The molecule has 0 atom stereocenters. The Hall–Kier alpha value is -1.11. The highest BCUT2D eigenvalue weighted by Gasteiger charge is 2.15. The van der Waals surface area contributed by atoms with Crippen LogP contribution >= 0.6 is 11.6 Å². The third kappa shape index (κ3) is 3.69. The molecule has 0 unspecified atom stereocenters. The van der Waals surface area contributed by atoms with E-state index in [-0.39, 0.29) is 15.5 Å². The number of rotatable bonds is 4. The second kappa shape index (κ2) is 5.48. The van der Waals surface area contributed by atoms with E-state index in [2.05, 4.69) is 5.32 Å². The summed E-state index contributed by atoms with van der Waals surface area (Å²) in [5.41, 5.74) is 0.103. The van der Waals surface area contributed by atoms with Gasteiger partial charge >= 0.3 is 0 Å². The monoisotopic (exact) mass is 276 g/mol. The predicted molar refractivity (Wildman–Crippen MR) is 65.4 cm³/mol. The zero-order valence-corrected chi connectivity index (χ0v) is 10.8. The molecule has 0 spiro atoms. The van der Waals surface area contributed by atoms with Crippen molar-refractivity contribution in [3.05, 3.63) is 28.8 Å². The average molecular weight is 277 g/mol. The van der Waals surface area contributed by atoms with Gasteiger partial charge in [-0.3, -0.25) is 4.79 Å². The number of carbonyl (C=O) groups is 1. The van der Waals surface area contributed by atoms with Gasteiger partial charge in [0.05, 0.1) is 15.5 Å². The van der Waals surface area contributed by atoms with Crippen molar-refractivity contribution in [2.75, 3.05) is 6.54 Å². The van der Waals surface area contributed by atoms with Gasteiger partial charge in [-0.15, -0.1) is 0 Å². The molecule has 17 heavy (non-hydrogen) atoms. The number of halogens is 1. The molecule has 1 aromatic rings. The Morgan fingerprint density at radius 1 is 1.47 bits per heavy atom. The summed E-state index contributed by atoms with van der Waals surface area (Å²) in [6.07, 6.45) is 0.776. The number of carbonyl (C=O) groups excluding carboxylic acids is 1. The molecule has 0 aliphatic heterocycles. The van der Waals surface area contributed by atoms with Crippen LogP contribution < -0.4 is 10.5 Å². The maximum absolute atomic E-state index is 11.7. The van der Waals surface area contributed by atoms with Crippen LogP contribution in [0.25, 0.3) is 0 Å². The molecular weight excluding hydrogens is 264 g/mol. The maximum Gasteiger partial charge on any atom is 0.252 e. The predicted octanol–water partition coefficient (Wildman–Crippen LogP) is 1.13. The number of nitrogens with two attached hydrogens (primary N) is 1. The topological polar surface area (TPSA) is 89.3 Å². The van der Waals surface area contributed by atoms with Gasteiger partial charge in [-0.1, -0.05) is 18.5 Å². The van der Waals surface area contributed by atoms with E-state index < -0.39 is 15.9 Å². The Morgan fingerprint density at radius 2 is 2.12 bits per heavy atom. The SMILES string of the molecule is CCCNC(=O)c1cc(S(N)(=O)=O)ccc1Cl. The van der Waals surface area contributed by atoms with E-state index >= 15 is 0 Å². The minimum absolute atomic E-state index is 0.103. The Bertz CT molecular complexity index is 528. The molecule has 0 saturated heterocycles. The summed E-state index contributed by atoms with van der Waals surface area (Å²) in [6, 6.07) is 3.76. The van der Waals surface area contributed by atoms with Crippen molar-refractivity contribution in [1.82, 2.24) is 5.32 Å². The zero-order chi connectivity index (χ0) is 13.1. The van der Waals surface area contributed by atoms with E-state index in [9.17, 15) is 13.2 Å². The molecule has 0 saturated carbocycles. The minimum atomic E-state index is -3.83. The number of amides is 1. The molecule has 0 fully saturated rings. The second-order valence-corrected chi connectivity index (χ2v) is 5.41. The van der Waals surface area contributed by atoms with Crippen LogP contribution in [-0.2, 0) is 10.0 Å². The fraction of sp³-hybridized carbons (Fsp3) is 0.300. The molecule has 0 bridgehead atoms. The first-order chi connectivity index (χ1) is 7.86. The summed E-state index contributed by atoms with van der Waals surface area (Å²) in [6.45, 7) is 2.40. The fourth-order valence-corrected chi connectivity index (χ4v) is 1.93. The van der Waals surface area contributed by atoms with Gasteiger partial charge in [0.15, 0.2) is 0 Å². The highest BCUT2D eigenvalue weighted by molar-refractivity contribution is 7.89. The number of benzene rings is 1. The summed E-state index contributed by atoms with van der Waals surface area (Å²) in [5, 5.41) is 7.77. The van der Waals surface area contributed by atoms with Crippen LogP contribution in [-0.4, -0.2) is 20.9 Å². The van der Waals surface area contributed by atoms with Gasteiger partial charge in [-0.25, -0.2) is 13.6 Å². The standard InChI is InChI=1S/C10H13ClN2O3S/c1-2-5-13-10(14)8-6-7(17(12,15)16)3-4-9(8)11/h3-4,6H,2,5H2,1H3,(H,13,14)(H2,12,15,16). The van der Waals surface area contributed by atoms with Crippen molar-refractivity contribution < 1.29 is 13.2 Å². The van der Waals surface area contributed by atoms with Crippen molar-refractivity contribution in [3.8, 4) is 0 Å². The van der Waals surface area contributed by atoms with Crippen LogP contribution in [0.3, 0.4) is 0 Å². The van der Waals surface area contributed by atoms with E-state index in [0.717, 1.165) is 6.42 Å². The lowest BCUT2D eigenvalue weighted by Gasteiger charge is -2.07. The number of nitrogens with one attached hydrogen (secondary N) is 1. The summed E-state index contributed by atoms with van der Waals surface area (Å²) < 4.78 is 22.3. The number of hydrogen-bond donors (Lipinski definition) is 2. The van der Waals surface area contributed by atoms with Gasteiger partial charge in [0.2, 0.25) is 10.0 Å². The third-order valence-electron chi connectivity index (χ3n) is 2.05. The Labute approximate surface area is 105 Å². The van der Waals surface area contributed by atoms with Crippen LogP contribution in [0.2, 0.25) is 5.02 Å². The Balaban J connectivity index is 3.11. The van der Waals surface area contributed by atoms with Gasteiger partial charge in [-0.05, 0) is 24.6 Å². The first kappa shape index (κ1) is 14.0. The van der Waals surface area contributed by atoms with Gasteiger partial charge in [0.25, 0.3) is 5.91 Å².